The minimum Gasteiger partial charge on any atom is -0.461 e. The molecule has 2 aliphatic heterocycles. The highest BCUT2D eigenvalue weighted by Gasteiger charge is 2.56. The van der Waals surface area contributed by atoms with Gasteiger partial charge in [0.05, 0.1) is 12.0 Å². The second kappa shape index (κ2) is 16.1. The van der Waals surface area contributed by atoms with E-state index in [2.05, 4.69) is 5.32 Å². The summed E-state index contributed by atoms with van der Waals surface area (Å²) in [6.45, 7) is 11.4. The lowest BCUT2D eigenvalue weighted by Gasteiger charge is -2.42. The van der Waals surface area contributed by atoms with Gasteiger partial charge in [-0.25, -0.2) is 0 Å². The maximum atomic E-state index is 13.9. The van der Waals surface area contributed by atoms with Crippen molar-refractivity contribution in [2.45, 2.75) is 111 Å². The van der Waals surface area contributed by atoms with Crippen LogP contribution in [0, 0.1) is 11.3 Å². The van der Waals surface area contributed by atoms with E-state index in [-0.39, 0.29) is 25.2 Å². The van der Waals surface area contributed by atoms with Gasteiger partial charge in [0, 0.05) is 32.6 Å². The first-order chi connectivity index (χ1) is 20.2. The summed E-state index contributed by atoms with van der Waals surface area (Å²) in [5, 5.41) is 2.53. The fourth-order valence-corrected chi connectivity index (χ4v) is 4.86. The smallest absolute Gasteiger partial charge is 0.322 e. The van der Waals surface area contributed by atoms with Crippen molar-refractivity contribution in [1.82, 2.24) is 5.32 Å². The third-order valence-electron chi connectivity index (χ3n) is 7.58. The van der Waals surface area contributed by atoms with Crippen LogP contribution in [0.1, 0.15) is 87.0 Å². The molecule has 0 unspecified atom stereocenters. The molecule has 0 radical (unpaired) electrons. The Kier molecular flexibility index (Phi) is 13.3. The number of hydrogen-bond donors (Lipinski definition) is 1. The summed E-state index contributed by atoms with van der Waals surface area (Å²) >= 11 is 0. The molecule has 0 saturated carbocycles. The highest BCUT2D eigenvalue weighted by atomic mass is 16.6. The maximum Gasteiger partial charge on any atom is 0.322 e. The molecule has 2 heterocycles. The quantitative estimate of drug-likeness (QED) is 0.186. The molecule has 1 amide bonds. The van der Waals surface area contributed by atoms with E-state index in [1.54, 1.807) is 38.2 Å². The zero-order valence-electron chi connectivity index (χ0n) is 26.3. The van der Waals surface area contributed by atoms with Crippen molar-refractivity contribution in [3.05, 3.63) is 47.6 Å². The lowest BCUT2D eigenvalue weighted by atomic mass is 9.69. The Morgan fingerprint density at radius 3 is 2.09 bits per heavy atom. The first-order valence-corrected chi connectivity index (χ1v) is 14.9. The number of ketones is 2. The van der Waals surface area contributed by atoms with Gasteiger partial charge in [-0.2, -0.15) is 0 Å². The van der Waals surface area contributed by atoms with Crippen LogP contribution in [0.5, 0.6) is 0 Å². The van der Waals surface area contributed by atoms with Gasteiger partial charge in [0.15, 0.2) is 5.78 Å². The molecule has 1 aliphatic carbocycles. The monoisotopic (exact) mass is 599 g/mol. The number of hydrogen-bond acceptors (Lipinski definition) is 9. The molecule has 2 bridgehead atoms. The third-order valence-corrected chi connectivity index (χ3v) is 7.58. The Morgan fingerprint density at radius 2 is 1.51 bits per heavy atom. The Morgan fingerprint density at radius 1 is 0.953 bits per heavy atom. The molecule has 3 rings (SSSR count). The molecule has 236 valence electrons. The summed E-state index contributed by atoms with van der Waals surface area (Å²) < 4.78 is 17.1. The highest BCUT2D eigenvalue weighted by Crippen LogP contribution is 2.38. The largest absolute Gasteiger partial charge is 0.461 e. The van der Waals surface area contributed by atoms with Gasteiger partial charge in [0.2, 0.25) is 5.78 Å². The Balaban J connectivity index is 2.65. The lowest BCUT2D eigenvalue weighted by Crippen LogP contribution is -2.61. The van der Waals surface area contributed by atoms with Crippen molar-refractivity contribution in [3.63, 3.8) is 0 Å². The average molecular weight is 600 g/mol. The second-order valence-corrected chi connectivity index (χ2v) is 11.4. The SMILES string of the molecule is CCCC(=O)O[C@@H]1/C=C\C(C)=C/C[C@H](OC(=O)CCC)/C=C/C(C)=C\[C@@H](NC(=O)C(C)=O)[C@]2(C)C(=O)O[C@H](C1)[C@@H](C)C2=O. The van der Waals surface area contributed by atoms with Gasteiger partial charge in [0.25, 0.3) is 5.91 Å². The number of fused-ring (bicyclic) bond motifs is 10. The Labute approximate surface area is 254 Å². The maximum absolute atomic E-state index is 13.9. The van der Waals surface area contributed by atoms with Crippen molar-refractivity contribution in [2.75, 3.05) is 0 Å². The Bertz CT molecular complexity index is 1210. The minimum atomic E-state index is -1.85. The van der Waals surface area contributed by atoms with Crippen LogP contribution in [-0.2, 0) is 43.0 Å². The van der Waals surface area contributed by atoms with Gasteiger partial charge in [-0.15, -0.1) is 0 Å². The molecule has 43 heavy (non-hydrogen) atoms. The average Bonchev–Trinajstić information content (AvgIpc) is 2.94. The molecule has 1 N–H and O–H groups in total. The van der Waals surface area contributed by atoms with Gasteiger partial charge in [0.1, 0.15) is 23.7 Å². The second-order valence-electron chi connectivity index (χ2n) is 11.4. The zero-order valence-corrected chi connectivity index (χ0v) is 26.3. The number of carbonyl (C=O) groups is 6. The van der Waals surface area contributed by atoms with E-state index < -0.39 is 65.1 Å². The predicted octanol–water partition coefficient (Wildman–Crippen LogP) is 4.42. The number of Topliss-reactive ketones (excluding diaryl/α,β-unsaturated/α-hetero) is 2. The lowest BCUT2D eigenvalue weighted by molar-refractivity contribution is -0.182. The van der Waals surface area contributed by atoms with E-state index in [4.69, 9.17) is 14.2 Å². The summed E-state index contributed by atoms with van der Waals surface area (Å²) in [7, 11) is 0. The van der Waals surface area contributed by atoms with E-state index in [1.165, 1.54) is 13.0 Å². The summed E-state index contributed by atoms with van der Waals surface area (Å²) in [5.74, 6) is -4.67. The number of ether oxygens (including phenoxy) is 3. The van der Waals surface area contributed by atoms with Crippen LogP contribution in [0.4, 0.5) is 0 Å². The molecular weight excluding hydrogens is 554 g/mol. The van der Waals surface area contributed by atoms with Crippen LogP contribution >= 0.6 is 0 Å². The van der Waals surface area contributed by atoms with E-state index >= 15 is 0 Å². The highest BCUT2D eigenvalue weighted by molar-refractivity contribution is 6.35. The van der Waals surface area contributed by atoms with Crippen LogP contribution in [0.3, 0.4) is 0 Å². The number of carbonyl (C=O) groups excluding carboxylic acids is 6. The molecule has 0 aromatic rings. The summed E-state index contributed by atoms with van der Waals surface area (Å²) in [5.41, 5.74) is -0.475. The van der Waals surface area contributed by atoms with Crippen LogP contribution in [0.15, 0.2) is 47.6 Å². The van der Waals surface area contributed by atoms with Crippen LogP contribution in [0.25, 0.3) is 0 Å². The molecule has 0 aromatic heterocycles. The minimum absolute atomic E-state index is 0.0477. The van der Waals surface area contributed by atoms with E-state index in [1.807, 2.05) is 26.8 Å². The van der Waals surface area contributed by atoms with Crippen LogP contribution in [-0.4, -0.2) is 59.7 Å². The fourth-order valence-electron chi connectivity index (χ4n) is 4.86. The van der Waals surface area contributed by atoms with E-state index in [0.29, 0.717) is 24.8 Å². The van der Waals surface area contributed by atoms with E-state index in [9.17, 15) is 28.8 Å². The molecule has 1 saturated heterocycles. The molecule has 6 atom stereocenters. The zero-order chi connectivity index (χ0) is 32.3. The van der Waals surface area contributed by atoms with Crippen LogP contribution < -0.4 is 5.32 Å². The van der Waals surface area contributed by atoms with Gasteiger partial charge < -0.3 is 19.5 Å². The predicted molar refractivity (Wildman–Crippen MR) is 159 cm³/mol. The molecule has 10 heteroatoms. The number of rotatable bonds is 8. The summed E-state index contributed by atoms with van der Waals surface area (Å²) in [4.78, 5) is 76.5. The molecule has 3 aliphatic rings. The van der Waals surface area contributed by atoms with Crippen molar-refractivity contribution >= 4 is 35.4 Å². The standard InChI is InChI=1S/C33H45NO9/c1-8-10-28(36)41-24-15-12-20(3)13-17-25(42-29(37)11-9-2)19-26-22(5)30(38)33(7,32(40)43-26)27(18-21(4)14-16-24)34-31(39)23(6)35/h12-14,16-18,22,24-27H,8-11,15,19H2,1-7H3,(H,34,39)/b16-14+,17-13-,20-12-,21-18-/t22-,24+,25-,26-,27-,33+/m1/s1. The fraction of sp³-hybridized carbons (Fsp3) is 0.576. The Hall–Kier alpha value is -3.82. The first-order valence-electron chi connectivity index (χ1n) is 14.9. The van der Waals surface area contributed by atoms with Gasteiger partial charge >= 0.3 is 17.9 Å². The van der Waals surface area contributed by atoms with Gasteiger partial charge in [-0.3, -0.25) is 28.8 Å². The van der Waals surface area contributed by atoms with Crippen molar-refractivity contribution < 1.29 is 43.0 Å². The number of nitrogens with one attached hydrogen (secondary N) is 1. The topological polar surface area (TPSA) is 142 Å². The normalized spacial score (nSPS) is 32.1. The van der Waals surface area contributed by atoms with E-state index in [0.717, 1.165) is 12.5 Å². The molecule has 0 spiro atoms. The number of allylic oxidation sites excluding steroid dienone is 4. The van der Waals surface area contributed by atoms with Crippen molar-refractivity contribution in [3.8, 4) is 0 Å². The molecular formula is C33H45NO9. The van der Waals surface area contributed by atoms with Gasteiger partial charge in [-0.05, 0) is 45.8 Å². The van der Waals surface area contributed by atoms with Crippen molar-refractivity contribution in [2.24, 2.45) is 11.3 Å². The molecule has 1 fully saturated rings. The third kappa shape index (κ3) is 9.86. The number of amides is 1. The molecule has 10 nitrogen and oxygen atoms in total. The van der Waals surface area contributed by atoms with Gasteiger partial charge in [-0.1, -0.05) is 56.2 Å². The van der Waals surface area contributed by atoms with Crippen LogP contribution in [0.2, 0.25) is 0 Å². The number of esters is 3. The summed E-state index contributed by atoms with van der Waals surface area (Å²) in [6.07, 6.45) is 10.0. The first kappa shape index (κ1) is 35.4. The van der Waals surface area contributed by atoms with Crippen molar-refractivity contribution in [1.29, 1.82) is 0 Å². The molecule has 0 aromatic carbocycles. The summed E-state index contributed by atoms with van der Waals surface area (Å²) in [6, 6.07) is -1.21.